The molecule has 15 heavy (non-hydrogen) atoms. The average Bonchev–Trinajstić information content (AvgIpc) is 2.63. The van der Waals surface area contributed by atoms with Crippen molar-refractivity contribution in [1.29, 1.82) is 0 Å². The van der Waals surface area contributed by atoms with E-state index in [1.165, 1.54) is 16.8 Å². The van der Waals surface area contributed by atoms with E-state index in [2.05, 4.69) is 48.1 Å². The molecule has 0 amide bonds. The number of nitrogens with zero attached hydrogens (tertiary/aromatic N) is 1. The van der Waals surface area contributed by atoms with Crippen LogP contribution >= 0.6 is 0 Å². The Morgan fingerprint density at radius 1 is 1.13 bits per heavy atom. The second kappa shape index (κ2) is 4.32. The van der Waals surface area contributed by atoms with E-state index in [0.29, 0.717) is 6.54 Å². The Kier molecular flexibility index (Phi) is 2.88. The lowest BCUT2D eigenvalue weighted by molar-refractivity contribution is 0.807. The Labute approximate surface area is 90.3 Å². The molecule has 0 aliphatic carbocycles. The summed E-state index contributed by atoms with van der Waals surface area (Å²) in [6.45, 7) is 0.700. The number of hydrogen-bond acceptors (Lipinski definition) is 1. The molecule has 2 heteroatoms. The normalized spacial score (nSPS) is 10.5. The van der Waals surface area contributed by atoms with Crippen LogP contribution in [0.2, 0.25) is 0 Å². The number of benzene rings is 1. The lowest BCUT2D eigenvalue weighted by Crippen LogP contribution is -2.05. The van der Waals surface area contributed by atoms with Gasteiger partial charge in [0.1, 0.15) is 0 Å². The van der Waals surface area contributed by atoms with Crippen LogP contribution in [0.3, 0.4) is 0 Å². The van der Waals surface area contributed by atoms with Crippen molar-refractivity contribution in [3.8, 4) is 11.1 Å². The van der Waals surface area contributed by atoms with Gasteiger partial charge in [-0.3, -0.25) is 0 Å². The lowest BCUT2D eigenvalue weighted by Gasteiger charge is -1.98. The molecule has 0 saturated heterocycles. The van der Waals surface area contributed by atoms with E-state index in [-0.39, 0.29) is 0 Å². The van der Waals surface area contributed by atoms with Gasteiger partial charge in [0.15, 0.2) is 0 Å². The number of aryl methyl sites for hydroxylation is 1. The van der Waals surface area contributed by atoms with Crippen molar-refractivity contribution in [3.63, 3.8) is 0 Å². The van der Waals surface area contributed by atoms with Crippen molar-refractivity contribution in [3.05, 3.63) is 48.3 Å². The predicted octanol–water partition coefficient (Wildman–Crippen LogP) is 2.19. The van der Waals surface area contributed by atoms with Crippen LogP contribution in [-0.2, 0) is 13.5 Å². The molecule has 1 heterocycles. The first-order valence-corrected chi connectivity index (χ1v) is 5.22. The van der Waals surface area contributed by atoms with E-state index in [4.69, 9.17) is 5.73 Å². The smallest absolute Gasteiger partial charge is 0.0190 e. The van der Waals surface area contributed by atoms with Crippen molar-refractivity contribution >= 4 is 0 Å². The second-order valence-corrected chi connectivity index (χ2v) is 3.74. The van der Waals surface area contributed by atoms with Crippen LogP contribution in [0.1, 0.15) is 5.69 Å². The van der Waals surface area contributed by atoms with Crippen LogP contribution in [-0.4, -0.2) is 11.1 Å². The largest absolute Gasteiger partial charge is 0.354 e. The Bertz CT molecular complexity index is 429. The number of rotatable bonds is 3. The van der Waals surface area contributed by atoms with E-state index in [9.17, 15) is 0 Å². The van der Waals surface area contributed by atoms with Gasteiger partial charge in [0, 0.05) is 18.9 Å². The van der Waals surface area contributed by atoms with E-state index >= 15 is 0 Å². The highest BCUT2D eigenvalue weighted by Crippen LogP contribution is 2.21. The van der Waals surface area contributed by atoms with Crippen molar-refractivity contribution in [2.24, 2.45) is 12.8 Å². The fraction of sp³-hybridized carbons (Fsp3) is 0.231. The van der Waals surface area contributed by atoms with E-state index in [1.807, 2.05) is 6.07 Å². The molecule has 2 rings (SSSR count). The van der Waals surface area contributed by atoms with Gasteiger partial charge in [-0.2, -0.15) is 0 Å². The molecule has 0 unspecified atom stereocenters. The van der Waals surface area contributed by atoms with Crippen LogP contribution in [0, 0.1) is 0 Å². The Morgan fingerprint density at radius 3 is 2.53 bits per heavy atom. The highest BCUT2D eigenvalue weighted by atomic mass is 14.9. The first-order valence-electron chi connectivity index (χ1n) is 5.22. The highest BCUT2D eigenvalue weighted by Gasteiger charge is 2.03. The molecule has 0 spiro atoms. The van der Waals surface area contributed by atoms with Crippen molar-refractivity contribution in [2.45, 2.75) is 6.42 Å². The fourth-order valence-corrected chi connectivity index (χ4v) is 1.80. The first kappa shape index (κ1) is 9.99. The molecular formula is C13H16N2. The lowest BCUT2D eigenvalue weighted by atomic mass is 10.1. The van der Waals surface area contributed by atoms with Gasteiger partial charge in [0.2, 0.25) is 0 Å². The maximum atomic E-state index is 5.56. The third kappa shape index (κ3) is 2.10. The van der Waals surface area contributed by atoms with Gasteiger partial charge in [0.05, 0.1) is 0 Å². The third-order valence-corrected chi connectivity index (χ3v) is 2.62. The monoisotopic (exact) mass is 200 g/mol. The standard InChI is InChI=1S/C13H16N2/c1-15-10-12(9-13(15)7-8-14)11-5-3-2-4-6-11/h2-6,9-10H,7-8,14H2,1H3. The zero-order valence-electron chi connectivity index (χ0n) is 8.98. The van der Waals surface area contributed by atoms with Crippen molar-refractivity contribution in [1.82, 2.24) is 4.57 Å². The molecule has 1 aromatic heterocycles. The minimum Gasteiger partial charge on any atom is -0.354 e. The molecule has 0 atom stereocenters. The van der Waals surface area contributed by atoms with Crippen LogP contribution in [0.25, 0.3) is 11.1 Å². The summed E-state index contributed by atoms with van der Waals surface area (Å²) in [5.74, 6) is 0. The number of aromatic nitrogens is 1. The summed E-state index contributed by atoms with van der Waals surface area (Å²) >= 11 is 0. The molecule has 78 valence electrons. The molecule has 2 aromatic rings. The molecule has 1 aromatic carbocycles. The average molecular weight is 200 g/mol. The topological polar surface area (TPSA) is 30.9 Å². The number of hydrogen-bond donors (Lipinski definition) is 1. The SMILES string of the molecule is Cn1cc(-c2ccccc2)cc1CCN. The Morgan fingerprint density at radius 2 is 1.87 bits per heavy atom. The third-order valence-electron chi connectivity index (χ3n) is 2.62. The Balaban J connectivity index is 2.34. The summed E-state index contributed by atoms with van der Waals surface area (Å²) < 4.78 is 2.15. The molecule has 2 N–H and O–H groups in total. The van der Waals surface area contributed by atoms with E-state index < -0.39 is 0 Å². The summed E-state index contributed by atoms with van der Waals surface area (Å²) in [6, 6.07) is 12.6. The quantitative estimate of drug-likeness (QED) is 0.809. The van der Waals surface area contributed by atoms with Crippen LogP contribution in [0.5, 0.6) is 0 Å². The molecule has 0 aliphatic rings. The van der Waals surface area contributed by atoms with Gasteiger partial charge in [-0.1, -0.05) is 30.3 Å². The highest BCUT2D eigenvalue weighted by molar-refractivity contribution is 5.63. The van der Waals surface area contributed by atoms with E-state index in [0.717, 1.165) is 6.42 Å². The van der Waals surface area contributed by atoms with Crippen LogP contribution in [0.15, 0.2) is 42.6 Å². The number of nitrogens with two attached hydrogens (primary N) is 1. The van der Waals surface area contributed by atoms with Gasteiger partial charge in [-0.15, -0.1) is 0 Å². The Hall–Kier alpha value is -1.54. The van der Waals surface area contributed by atoms with Gasteiger partial charge in [-0.25, -0.2) is 0 Å². The summed E-state index contributed by atoms with van der Waals surface area (Å²) in [5, 5.41) is 0. The molecule has 0 saturated carbocycles. The van der Waals surface area contributed by atoms with Gasteiger partial charge in [0.25, 0.3) is 0 Å². The predicted molar refractivity (Wildman–Crippen MR) is 63.6 cm³/mol. The summed E-state index contributed by atoms with van der Waals surface area (Å²) in [7, 11) is 2.07. The summed E-state index contributed by atoms with van der Waals surface area (Å²) in [4.78, 5) is 0. The van der Waals surface area contributed by atoms with Crippen molar-refractivity contribution < 1.29 is 0 Å². The summed E-state index contributed by atoms with van der Waals surface area (Å²) in [5.41, 5.74) is 9.38. The molecule has 2 nitrogen and oxygen atoms in total. The van der Waals surface area contributed by atoms with Crippen LogP contribution < -0.4 is 5.73 Å². The minimum absolute atomic E-state index is 0.700. The molecular weight excluding hydrogens is 184 g/mol. The summed E-state index contributed by atoms with van der Waals surface area (Å²) in [6.07, 6.45) is 3.09. The maximum Gasteiger partial charge on any atom is 0.0190 e. The zero-order valence-corrected chi connectivity index (χ0v) is 8.98. The van der Waals surface area contributed by atoms with Gasteiger partial charge >= 0.3 is 0 Å². The molecule has 0 fully saturated rings. The van der Waals surface area contributed by atoms with Gasteiger partial charge < -0.3 is 10.3 Å². The van der Waals surface area contributed by atoms with E-state index in [1.54, 1.807) is 0 Å². The van der Waals surface area contributed by atoms with Crippen molar-refractivity contribution in [2.75, 3.05) is 6.54 Å². The zero-order chi connectivity index (χ0) is 10.7. The maximum absolute atomic E-state index is 5.56. The molecule has 0 radical (unpaired) electrons. The van der Waals surface area contributed by atoms with Crippen LogP contribution in [0.4, 0.5) is 0 Å². The minimum atomic E-state index is 0.700. The molecule has 0 bridgehead atoms. The molecule has 0 aliphatic heterocycles. The van der Waals surface area contributed by atoms with Gasteiger partial charge in [-0.05, 0) is 30.2 Å². The second-order valence-electron chi connectivity index (χ2n) is 3.74. The fourth-order valence-electron chi connectivity index (χ4n) is 1.80. The first-order chi connectivity index (χ1) is 7.31.